The molecule has 3 nitrogen and oxygen atoms in total. The van der Waals surface area contributed by atoms with Crippen molar-refractivity contribution in [1.82, 2.24) is 5.32 Å². The van der Waals surface area contributed by atoms with Crippen LogP contribution in [-0.4, -0.2) is 34.4 Å². The number of nitrogens with one attached hydrogen (secondary N) is 1. The molecule has 0 aliphatic rings. The number of rotatable bonds is 6. The van der Waals surface area contributed by atoms with Crippen LogP contribution in [0.15, 0.2) is 18.2 Å². The van der Waals surface area contributed by atoms with E-state index in [0.29, 0.717) is 6.61 Å². The van der Waals surface area contributed by atoms with Gasteiger partial charge in [-0.3, -0.25) is 0 Å². The van der Waals surface area contributed by atoms with E-state index in [4.69, 9.17) is 21.1 Å². The largest absolute Gasteiger partial charge is 0.497 e. The van der Waals surface area contributed by atoms with Gasteiger partial charge in [0.25, 0.3) is 0 Å². The molecule has 1 aromatic carbocycles. The molecule has 90 valence electrons. The van der Waals surface area contributed by atoms with Crippen LogP contribution >= 0.6 is 11.6 Å². The summed E-state index contributed by atoms with van der Waals surface area (Å²) in [5, 5.41) is 3.86. The predicted octanol–water partition coefficient (Wildman–Crippen LogP) is 2.30. The van der Waals surface area contributed by atoms with E-state index in [1.165, 1.54) is 0 Å². The number of ether oxygens (including phenoxy) is 2. The third kappa shape index (κ3) is 3.37. The van der Waals surface area contributed by atoms with E-state index in [9.17, 15) is 0 Å². The summed E-state index contributed by atoms with van der Waals surface area (Å²) >= 11 is 6.21. The highest BCUT2D eigenvalue weighted by Crippen LogP contribution is 2.28. The molecule has 1 rings (SSSR count). The summed E-state index contributed by atoms with van der Waals surface area (Å²) in [7, 11) is 5.24. The van der Waals surface area contributed by atoms with Crippen molar-refractivity contribution < 1.29 is 9.47 Å². The highest BCUT2D eigenvalue weighted by molar-refractivity contribution is 6.31. The Kier molecular flexibility index (Phi) is 5.60. The molecule has 0 spiro atoms. The Morgan fingerprint density at radius 2 is 2.12 bits per heavy atom. The maximum absolute atomic E-state index is 6.21. The Balaban J connectivity index is 2.90. The summed E-state index contributed by atoms with van der Waals surface area (Å²) in [4.78, 5) is 0. The monoisotopic (exact) mass is 243 g/mol. The van der Waals surface area contributed by atoms with Crippen LogP contribution in [0.5, 0.6) is 5.75 Å². The molecule has 1 N–H and O–H groups in total. The first-order valence-corrected chi connectivity index (χ1v) is 5.57. The molecule has 0 aliphatic carbocycles. The maximum Gasteiger partial charge on any atom is 0.120 e. The van der Waals surface area contributed by atoms with Gasteiger partial charge in [0.15, 0.2) is 0 Å². The van der Waals surface area contributed by atoms with E-state index in [1.807, 2.05) is 25.2 Å². The number of hydrogen-bond acceptors (Lipinski definition) is 3. The molecule has 0 bridgehead atoms. The van der Waals surface area contributed by atoms with Crippen molar-refractivity contribution >= 4 is 11.6 Å². The zero-order valence-electron chi connectivity index (χ0n) is 9.92. The van der Waals surface area contributed by atoms with Crippen LogP contribution in [0.25, 0.3) is 0 Å². The van der Waals surface area contributed by atoms with Crippen LogP contribution < -0.4 is 10.1 Å². The lowest BCUT2D eigenvalue weighted by atomic mass is 10.00. The second-order valence-electron chi connectivity index (χ2n) is 3.60. The van der Waals surface area contributed by atoms with Gasteiger partial charge in [0.05, 0.1) is 13.7 Å². The molecule has 1 aromatic rings. The van der Waals surface area contributed by atoms with Gasteiger partial charge >= 0.3 is 0 Å². The van der Waals surface area contributed by atoms with Crippen molar-refractivity contribution in [3.63, 3.8) is 0 Å². The van der Waals surface area contributed by atoms with Gasteiger partial charge in [0.2, 0.25) is 0 Å². The second-order valence-corrected chi connectivity index (χ2v) is 4.00. The molecule has 0 saturated heterocycles. The van der Waals surface area contributed by atoms with Crippen LogP contribution in [0.3, 0.4) is 0 Å². The van der Waals surface area contributed by atoms with Crippen LogP contribution in [0.1, 0.15) is 11.5 Å². The van der Waals surface area contributed by atoms with Gasteiger partial charge < -0.3 is 14.8 Å². The third-order valence-electron chi connectivity index (χ3n) is 2.47. The zero-order valence-corrected chi connectivity index (χ0v) is 10.7. The Morgan fingerprint density at radius 1 is 1.38 bits per heavy atom. The maximum atomic E-state index is 6.21. The van der Waals surface area contributed by atoms with Gasteiger partial charge in [-0.15, -0.1) is 0 Å². The van der Waals surface area contributed by atoms with E-state index >= 15 is 0 Å². The van der Waals surface area contributed by atoms with Gasteiger partial charge in [0, 0.05) is 24.6 Å². The van der Waals surface area contributed by atoms with Crippen LogP contribution in [0.4, 0.5) is 0 Å². The highest BCUT2D eigenvalue weighted by atomic mass is 35.5. The first kappa shape index (κ1) is 13.3. The van der Waals surface area contributed by atoms with Crippen molar-refractivity contribution in [3.8, 4) is 5.75 Å². The fourth-order valence-corrected chi connectivity index (χ4v) is 2.00. The average Bonchev–Trinajstić information content (AvgIpc) is 2.29. The van der Waals surface area contributed by atoms with Gasteiger partial charge in [-0.25, -0.2) is 0 Å². The summed E-state index contributed by atoms with van der Waals surface area (Å²) in [5.74, 6) is 1.03. The summed E-state index contributed by atoms with van der Waals surface area (Å²) in [5.41, 5.74) is 1.08. The van der Waals surface area contributed by atoms with E-state index in [2.05, 4.69) is 5.32 Å². The second kappa shape index (κ2) is 6.74. The van der Waals surface area contributed by atoms with Gasteiger partial charge in [-0.05, 0) is 24.7 Å². The third-order valence-corrected chi connectivity index (χ3v) is 2.79. The lowest BCUT2D eigenvalue weighted by Crippen LogP contribution is -2.21. The molecule has 1 atom stereocenters. The molecule has 4 heteroatoms. The smallest absolute Gasteiger partial charge is 0.120 e. The summed E-state index contributed by atoms with van der Waals surface area (Å²) in [6.45, 7) is 1.48. The van der Waals surface area contributed by atoms with E-state index in [1.54, 1.807) is 14.2 Å². The summed E-state index contributed by atoms with van der Waals surface area (Å²) in [6, 6.07) is 5.73. The van der Waals surface area contributed by atoms with Crippen molar-refractivity contribution in [2.75, 3.05) is 34.4 Å². The standard InChI is InChI=1S/C12H18ClNO2/c1-14-7-9(8-15-2)11-5-4-10(16-3)6-12(11)13/h4-6,9,14H,7-8H2,1-3H3. The minimum atomic E-state index is 0.258. The minimum Gasteiger partial charge on any atom is -0.497 e. The molecule has 0 heterocycles. The van der Waals surface area contributed by atoms with E-state index in [0.717, 1.165) is 22.9 Å². The van der Waals surface area contributed by atoms with Crippen molar-refractivity contribution in [2.45, 2.75) is 5.92 Å². The van der Waals surface area contributed by atoms with Gasteiger partial charge in [-0.1, -0.05) is 17.7 Å². The lowest BCUT2D eigenvalue weighted by molar-refractivity contribution is 0.178. The van der Waals surface area contributed by atoms with Gasteiger partial charge in [-0.2, -0.15) is 0 Å². The van der Waals surface area contributed by atoms with E-state index < -0.39 is 0 Å². The van der Waals surface area contributed by atoms with Crippen molar-refractivity contribution in [1.29, 1.82) is 0 Å². The first-order valence-electron chi connectivity index (χ1n) is 5.20. The fourth-order valence-electron chi connectivity index (χ4n) is 1.67. The Morgan fingerprint density at radius 3 is 2.62 bits per heavy atom. The molecular formula is C12H18ClNO2. The Hall–Kier alpha value is -0.770. The van der Waals surface area contributed by atoms with Crippen molar-refractivity contribution in [2.24, 2.45) is 0 Å². The Bertz CT molecular complexity index is 325. The molecule has 0 aliphatic heterocycles. The average molecular weight is 244 g/mol. The van der Waals surface area contributed by atoms with Gasteiger partial charge in [0.1, 0.15) is 5.75 Å². The normalized spacial score (nSPS) is 12.5. The lowest BCUT2D eigenvalue weighted by Gasteiger charge is -2.17. The van der Waals surface area contributed by atoms with Crippen LogP contribution in [0, 0.1) is 0 Å². The molecular weight excluding hydrogens is 226 g/mol. The summed E-state index contributed by atoms with van der Waals surface area (Å²) < 4.78 is 10.3. The first-order chi connectivity index (χ1) is 7.72. The number of hydrogen-bond donors (Lipinski definition) is 1. The predicted molar refractivity (Wildman–Crippen MR) is 66.5 cm³/mol. The number of methoxy groups -OCH3 is 2. The molecule has 1 unspecified atom stereocenters. The quantitative estimate of drug-likeness (QED) is 0.832. The summed E-state index contributed by atoms with van der Waals surface area (Å²) in [6.07, 6.45) is 0. The Labute approximate surface area is 102 Å². The molecule has 0 saturated carbocycles. The SMILES string of the molecule is CNCC(COC)c1ccc(OC)cc1Cl. The molecule has 0 amide bonds. The molecule has 16 heavy (non-hydrogen) atoms. The highest BCUT2D eigenvalue weighted by Gasteiger charge is 2.14. The topological polar surface area (TPSA) is 30.5 Å². The van der Waals surface area contributed by atoms with Crippen LogP contribution in [-0.2, 0) is 4.74 Å². The van der Waals surface area contributed by atoms with E-state index in [-0.39, 0.29) is 5.92 Å². The zero-order chi connectivity index (χ0) is 12.0. The molecule has 0 fully saturated rings. The molecule has 0 radical (unpaired) electrons. The fraction of sp³-hybridized carbons (Fsp3) is 0.500. The van der Waals surface area contributed by atoms with Crippen LogP contribution in [0.2, 0.25) is 5.02 Å². The minimum absolute atomic E-state index is 0.258. The number of benzene rings is 1. The number of halogens is 1. The van der Waals surface area contributed by atoms with Crippen molar-refractivity contribution in [3.05, 3.63) is 28.8 Å². The number of likely N-dealkylation sites (N-methyl/N-ethyl adjacent to an activating group) is 1. The molecule has 0 aromatic heterocycles.